The van der Waals surface area contributed by atoms with E-state index in [4.69, 9.17) is 9.16 Å². The summed E-state index contributed by atoms with van der Waals surface area (Å²) < 4.78 is 11.7. The van der Waals surface area contributed by atoms with E-state index in [1.54, 1.807) is 30.3 Å². The van der Waals surface area contributed by atoms with Gasteiger partial charge in [-0.3, -0.25) is 20.4 Å². The van der Waals surface area contributed by atoms with Gasteiger partial charge >= 0.3 is 6.09 Å². The number of rotatable bonds is 9. The molecule has 0 saturated heterocycles. The Kier molecular flexibility index (Phi) is 9.89. The van der Waals surface area contributed by atoms with Gasteiger partial charge < -0.3 is 14.5 Å². The van der Waals surface area contributed by atoms with Gasteiger partial charge in [0.2, 0.25) is 8.32 Å². The molecule has 3 amide bonds. The Bertz CT molecular complexity index is 1240. The lowest BCUT2D eigenvalue weighted by Gasteiger charge is -2.36. The molecule has 0 aliphatic heterocycles. The highest BCUT2D eigenvalue weighted by Crippen LogP contribution is 2.37. The van der Waals surface area contributed by atoms with E-state index in [1.165, 1.54) is 0 Å². The molecular formula is C30H37N3O5Si. The van der Waals surface area contributed by atoms with Crippen molar-refractivity contribution in [1.82, 2.24) is 16.2 Å². The maximum Gasteiger partial charge on any atom is 0.408 e. The standard InChI is InChI=1S/C30H37N3O5Si/c1-30(2,3)39(4,5)38-25-18-16-22(17-19-25)20-26(31-29(36)37-21-23-12-8-6-9-13-23)28(35)33-32-27(34)24-14-10-7-11-15-24/h6-19,26H,20-21H2,1-5H3,(H,31,36)(H,32,34)(H,33,35)/t26-/m0/s1. The second-order valence-corrected chi connectivity index (χ2v) is 15.5. The predicted molar refractivity (Wildman–Crippen MR) is 154 cm³/mol. The smallest absolute Gasteiger partial charge is 0.408 e. The topological polar surface area (TPSA) is 106 Å². The highest BCUT2D eigenvalue weighted by atomic mass is 28.4. The lowest BCUT2D eigenvalue weighted by molar-refractivity contribution is -0.123. The van der Waals surface area contributed by atoms with Gasteiger partial charge in [-0.25, -0.2) is 4.79 Å². The Labute approximate surface area is 231 Å². The average Bonchev–Trinajstić information content (AvgIpc) is 2.91. The monoisotopic (exact) mass is 547 g/mol. The van der Waals surface area contributed by atoms with Crippen molar-refractivity contribution in [3.63, 3.8) is 0 Å². The van der Waals surface area contributed by atoms with Gasteiger partial charge in [0.05, 0.1) is 0 Å². The normalized spacial score (nSPS) is 12.1. The third-order valence-corrected chi connectivity index (χ3v) is 11.1. The molecule has 206 valence electrons. The van der Waals surface area contributed by atoms with Gasteiger partial charge in [0, 0.05) is 12.0 Å². The average molecular weight is 548 g/mol. The molecule has 0 heterocycles. The van der Waals surface area contributed by atoms with Crippen molar-refractivity contribution in [2.45, 2.75) is 58.0 Å². The minimum atomic E-state index is -2.00. The fraction of sp³-hybridized carbons (Fsp3) is 0.300. The van der Waals surface area contributed by atoms with Gasteiger partial charge in [0.25, 0.3) is 11.8 Å². The van der Waals surface area contributed by atoms with E-state index in [0.717, 1.165) is 16.9 Å². The molecule has 8 nitrogen and oxygen atoms in total. The van der Waals surface area contributed by atoms with Crippen molar-refractivity contribution in [3.05, 3.63) is 102 Å². The summed E-state index contributed by atoms with van der Waals surface area (Å²) >= 11 is 0. The van der Waals surface area contributed by atoms with Crippen LogP contribution in [0.2, 0.25) is 18.1 Å². The van der Waals surface area contributed by atoms with Crippen LogP contribution in [0.4, 0.5) is 4.79 Å². The van der Waals surface area contributed by atoms with Crippen LogP contribution in [-0.2, 0) is 22.6 Å². The molecule has 0 aliphatic carbocycles. The quantitative estimate of drug-likeness (QED) is 0.247. The molecule has 0 aliphatic rings. The second kappa shape index (κ2) is 13.1. The zero-order valence-electron chi connectivity index (χ0n) is 23.1. The molecule has 0 radical (unpaired) electrons. The van der Waals surface area contributed by atoms with Crippen molar-refractivity contribution < 1.29 is 23.5 Å². The van der Waals surface area contributed by atoms with Crippen LogP contribution >= 0.6 is 0 Å². The number of carbonyl (C=O) groups is 3. The Morgan fingerprint density at radius 2 is 1.38 bits per heavy atom. The number of hydrogen-bond donors (Lipinski definition) is 3. The van der Waals surface area contributed by atoms with Crippen molar-refractivity contribution >= 4 is 26.2 Å². The first-order valence-electron chi connectivity index (χ1n) is 12.8. The maximum absolute atomic E-state index is 13.0. The van der Waals surface area contributed by atoms with Crippen LogP contribution in [0.3, 0.4) is 0 Å². The first-order chi connectivity index (χ1) is 18.4. The molecule has 0 unspecified atom stereocenters. The van der Waals surface area contributed by atoms with Crippen LogP contribution in [0.15, 0.2) is 84.9 Å². The van der Waals surface area contributed by atoms with E-state index in [2.05, 4.69) is 50.0 Å². The van der Waals surface area contributed by atoms with Crippen molar-refractivity contribution in [2.24, 2.45) is 0 Å². The minimum absolute atomic E-state index is 0.0586. The largest absolute Gasteiger partial charge is 0.544 e. The zero-order valence-corrected chi connectivity index (χ0v) is 24.1. The zero-order chi connectivity index (χ0) is 28.5. The van der Waals surface area contributed by atoms with Gasteiger partial charge in [-0.2, -0.15) is 0 Å². The number of amides is 3. The van der Waals surface area contributed by atoms with Gasteiger partial charge in [0.1, 0.15) is 18.4 Å². The summed E-state index contributed by atoms with van der Waals surface area (Å²) in [6.07, 6.45) is -0.570. The second-order valence-electron chi connectivity index (χ2n) is 10.8. The first kappa shape index (κ1) is 29.4. The molecule has 3 aromatic carbocycles. The number of nitrogens with one attached hydrogen (secondary N) is 3. The summed E-state index contributed by atoms with van der Waals surface area (Å²) in [6, 6.07) is 24.2. The number of benzene rings is 3. The highest BCUT2D eigenvalue weighted by molar-refractivity contribution is 6.74. The maximum atomic E-state index is 13.0. The van der Waals surface area contributed by atoms with Crippen LogP contribution in [0.25, 0.3) is 0 Å². The van der Waals surface area contributed by atoms with Crippen LogP contribution in [-0.4, -0.2) is 32.3 Å². The summed E-state index contributed by atoms with van der Waals surface area (Å²) in [5.74, 6) is -0.296. The number of hydrogen-bond acceptors (Lipinski definition) is 5. The Morgan fingerprint density at radius 3 is 1.97 bits per heavy atom. The molecule has 3 aromatic rings. The number of hydrazine groups is 1. The highest BCUT2D eigenvalue weighted by Gasteiger charge is 2.39. The molecule has 0 spiro atoms. The van der Waals surface area contributed by atoms with Gasteiger partial charge in [-0.15, -0.1) is 0 Å². The molecule has 1 atom stereocenters. The molecule has 0 bridgehead atoms. The van der Waals surface area contributed by atoms with E-state index in [0.29, 0.717) is 5.56 Å². The molecule has 3 N–H and O–H groups in total. The summed E-state index contributed by atoms with van der Waals surface area (Å²) in [5, 5.41) is 2.68. The summed E-state index contributed by atoms with van der Waals surface area (Å²) in [6.45, 7) is 10.9. The van der Waals surface area contributed by atoms with E-state index in [1.807, 2.05) is 54.6 Å². The first-order valence-corrected chi connectivity index (χ1v) is 15.8. The van der Waals surface area contributed by atoms with E-state index in [-0.39, 0.29) is 18.1 Å². The molecular weight excluding hydrogens is 510 g/mol. The predicted octanol–water partition coefficient (Wildman–Crippen LogP) is 5.37. The molecule has 39 heavy (non-hydrogen) atoms. The van der Waals surface area contributed by atoms with Crippen LogP contribution in [0.1, 0.15) is 42.3 Å². The number of alkyl carbamates (subject to hydrolysis) is 1. The molecule has 0 saturated carbocycles. The van der Waals surface area contributed by atoms with Crippen LogP contribution in [0, 0.1) is 0 Å². The molecule has 0 aromatic heterocycles. The molecule has 3 rings (SSSR count). The Morgan fingerprint density at radius 1 is 0.795 bits per heavy atom. The summed E-state index contributed by atoms with van der Waals surface area (Å²) in [4.78, 5) is 38.0. The minimum Gasteiger partial charge on any atom is -0.544 e. The van der Waals surface area contributed by atoms with E-state index >= 15 is 0 Å². The summed E-state index contributed by atoms with van der Waals surface area (Å²) in [5.41, 5.74) is 6.82. The SMILES string of the molecule is CC(C)(C)[Si](C)(C)Oc1ccc(C[C@H](NC(=O)OCc2ccccc2)C(=O)NNC(=O)c2ccccc2)cc1. The number of ether oxygens (including phenoxy) is 1. The van der Waals surface area contributed by atoms with Crippen LogP contribution in [0.5, 0.6) is 5.75 Å². The van der Waals surface area contributed by atoms with Crippen molar-refractivity contribution in [1.29, 1.82) is 0 Å². The number of carbonyl (C=O) groups excluding carboxylic acids is 3. The fourth-order valence-corrected chi connectivity index (χ4v) is 4.39. The van der Waals surface area contributed by atoms with Gasteiger partial charge in [0.15, 0.2) is 0 Å². The summed E-state index contributed by atoms with van der Waals surface area (Å²) in [7, 11) is -2.00. The third kappa shape index (κ3) is 9.00. The van der Waals surface area contributed by atoms with Gasteiger partial charge in [-0.1, -0.05) is 81.4 Å². The third-order valence-electron chi connectivity index (χ3n) is 6.70. The lowest BCUT2D eigenvalue weighted by atomic mass is 10.1. The Balaban J connectivity index is 1.67. The fourth-order valence-electron chi connectivity index (χ4n) is 3.36. The van der Waals surface area contributed by atoms with E-state index in [9.17, 15) is 14.4 Å². The van der Waals surface area contributed by atoms with E-state index < -0.39 is 32.3 Å². The molecule has 0 fully saturated rings. The lowest BCUT2D eigenvalue weighted by Crippen LogP contribution is -2.53. The van der Waals surface area contributed by atoms with Gasteiger partial charge in [-0.05, 0) is 53.5 Å². The van der Waals surface area contributed by atoms with Crippen molar-refractivity contribution in [3.8, 4) is 5.75 Å². The van der Waals surface area contributed by atoms with Crippen molar-refractivity contribution in [2.75, 3.05) is 0 Å². The molecule has 9 heteroatoms. The van der Waals surface area contributed by atoms with Crippen LogP contribution < -0.4 is 20.6 Å². The Hall–Kier alpha value is -4.11.